The summed E-state index contributed by atoms with van der Waals surface area (Å²) < 4.78 is 41.6. The molecule has 0 aliphatic rings. The molecular weight excluding hydrogens is 349 g/mol. The van der Waals surface area contributed by atoms with E-state index in [0.29, 0.717) is 5.56 Å². The molecule has 0 atom stereocenters. The lowest BCUT2D eigenvalue weighted by molar-refractivity contribution is -0.274. The van der Waals surface area contributed by atoms with Crippen LogP contribution in [-0.4, -0.2) is 12.1 Å². The highest BCUT2D eigenvalue weighted by molar-refractivity contribution is 9.10. The third kappa shape index (κ3) is 4.32. The third-order valence-electron chi connectivity index (χ3n) is 2.72. The van der Waals surface area contributed by atoms with Crippen molar-refractivity contribution in [3.63, 3.8) is 0 Å². The maximum atomic E-state index is 12.3. The standard InChI is InChI=1S/C15H10BrF3O2/c16-12-7-3-1-5-10(12)9-13(20)11-6-2-4-8-14(11)21-15(17,18)19/h1-8H,9H2. The summed E-state index contributed by atoms with van der Waals surface area (Å²) in [5, 5.41) is 0. The van der Waals surface area contributed by atoms with Crippen LogP contribution in [0.1, 0.15) is 15.9 Å². The number of halogens is 4. The highest BCUT2D eigenvalue weighted by atomic mass is 79.9. The van der Waals surface area contributed by atoms with Gasteiger partial charge in [-0.25, -0.2) is 0 Å². The summed E-state index contributed by atoms with van der Waals surface area (Å²) in [5.74, 6) is -0.927. The Morgan fingerprint density at radius 2 is 1.67 bits per heavy atom. The molecule has 0 amide bonds. The molecule has 0 aliphatic heterocycles. The molecule has 0 spiro atoms. The van der Waals surface area contributed by atoms with Gasteiger partial charge in [0.1, 0.15) is 5.75 Å². The van der Waals surface area contributed by atoms with Crippen molar-refractivity contribution in [2.75, 3.05) is 0 Å². The van der Waals surface area contributed by atoms with Crippen LogP contribution in [0.5, 0.6) is 5.75 Å². The van der Waals surface area contributed by atoms with Gasteiger partial charge >= 0.3 is 6.36 Å². The normalized spacial score (nSPS) is 11.2. The van der Waals surface area contributed by atoms with E-state index >= 15 is 0 Å². The minimum atomic E-state index is -4.83. The van der Waals surface area contributed by atoms with E-state index < -0.39 is 17.9 Å². The molecule has 0 unspecified atom stereocenters. The number of benzene rings is 2. The van der Waals surface area contributed by atoms with Gasteiger partial charge < -0.3 is 4.74 Å². The van der Waals surface area contributed by atoms with Crippen LogP contribution in [0.2, 0.25) is 0 Å². The number of hydrogen-bond donors (Lipinski definition) is 0. The maximum absolute atomic E-state index is 12.3. The number of alkyl halides is 3. The Morgan fingerprint density at radius 3 is 2.33 bits per heavy atom. The second-order valence-electron chi connectivity index (χ2n) is 4.24. The molecule has 0 N–H and O–H groups in total. The maximum Gasteiger partial charge on any atom is 0.573 e. The molecule has 2 nitrogen and oxygen atoms in total. The first-order chi connectivity index (χ1) is 9.87. The quantitative estimate of drug-likeness (QED) is 0.735. The SMILES string of the molecule is O=C(Cc1ccccc1Br)c1ccccc1OC(F)(F)F. The molecule has 2 rings (SSSR count). The van der Waals surface area contributed by atoms with Gasteiger partial charge in [-0.15, -0.1) is 13.2 Å². The molecule has 0 aliphatic carbocycles. The summed E-state index contributed by atoms with van der Waals surface area (Å²) in [5.41, 5.74) is 0.606. The number of ketones is 1. The van der Waals surface area contributed by atoms with Gasteiger partial charge in [0, 0.05) is 10.9 Å². The van der Waals surface area contributed by atoms with Crippen LogP contribution in [0.3, 0.4) is 0 Å². The summed E-state index contributed by atoms with van der Waals surface area (Å²) in [6.07, 6.45) is -4.84. The van der Waals surface area contributed by atoms with E-state index in [4.69, 9.17) is 0 Å². The van der Waals surface area contributed by atoms with Crippen molar-refractivity contribution in [1.29, 1.82) is 0 Å². The van der Waals surface area contributed by atoms with Gasteiger partial charge in [-0.1, -0.05) is 46.3 Å². The van der Waals surface area contributed by atoms with E-state index in [9.17, 15) is 18.0 Å². The zero-order valence-corrected chi connectivity index (χ0v) is 12.2. The lowest BCUT2D eigenvalue weighted by atomic mass is 10.0. The lowest BCUT2D eigenvalue weighted by Gasteiger charge is -2.12. The summed E-state index contributed by atoms with van der Waals surface area (Å²) >= 11 is 3.30. The molecular formula is C15H10BrF3O2. The second-order valence-corrected chi connectivity index (χ2v) is 5.09. The Kier molecular flexibility index (Phi) is 4.67. The van der Waals surface area contributed by atoms with E-state index in [1.54, 1.807) is 24.3 Å². The molecule has 0 radical (unpaired) electrons. The fourth-order valence-electron chi connectivity index (χ4n) is 1.82. The molecule has 0 saturated carbocycles. The minimum Gasteiger partial charge on any atom is -0.405 e. The molecule has 0 bridgehead atoms. The molecule has 0 fully saturated rings. The molecule has 21 heavy (non-hydrogen) atoms. The molecule has 0 aromatic heterocycles. The fraction of sp³-hybridized carbons (Fsp3) is 0.133. The largest absolute Gasteiger partial charge is 0.573 e. The van der Waals surface area contributed by atoms with Crippen molar-refractivity contribution >= 4 is 21.7 Å². The number of Topliss-reactive ketones (excluding diaryl/α,β-unsaturated/α-hetero) is 1. The predicted molar refractivity (Wildman–Crippen MR) is 75.3 cm³/mol. The Hall–Kier alpha value is -1.82. The van der Waals surface area contributed by atoms with Crippen molar-refractivity contribution in [3.8, 4) is 5.75 Å². The van der Waals surface area contributed by atoms with Gasteiger partial charge in [0.15, 0.2) is 5.78 Å². The van der Waals surface area contributed by atoms with Crippen LogP contribution >= 0.6 is 15.9 Å². The molecule has 0 saturated heterocycles. The van der Waals surface area contributed by atoms with Gasteiger partial charge in [0.2, 0.25) is 0 Å². The van der Waals surface area contributed by atoms with Gasteiger partial charge in [-0.2, -0.15) is 0 Å². The number of ether oxygens (including phenoxy) is 1. The van der Waals surface area contributed by atoms with E-state index in [0.717, 1.165) is 10.5 Å². The first kappa shape index (κ1) is 15.6. The fourth-order valence-corrected chi connectivity index (χ4v) is 2.25. The van der Waals surface area contributed by atoms with Crippen LogP contribution < -0.4 is 4.74 Å². The average Bonchev–Trinajstić information content (AvgIpc) is 2.40. The van der Waals surface area contributed by atoms with Gasteiger partial charge in [-0.3, -0.25) is 4.79 Å². The predicted octanol–water partition coefficient (Wildman–Crippen LogP) is 4.77. The van der Waals surface area contributed by atoms with Crippen LogP contribution in [0, 0.1) is 0 Å². The van der Waals surface area contributed by atoms with Crippen LogP contribution in [-0.2, 0) is 6.42 Å². The Balaban J connectivity index is 2.26. The number of hydrogen-bond acceptors (Lipinski definition) is 2. The van der Waals surface area contributed by atoms with Crippen molar-refractivity contribution in [2.24, 2.45) is 0 Å². The van der Waals surface area contributed by atoms with Gasteiger partial charge in [0.25, 0.3) is 0 Å². The summed E-state index contributed by atoms with van der Waals surface area (Å²) in [6, 6.07) is 12.4. The Bertz CT molecular complexity index is 653. The Labute approximate surface area is 127 Å². The Morgan fingerprint density at radius 1 is 1.05 bits per heavy atom. The minimum absolute atomic E-state index is 0.0142. The number of carbonyl (C=O) groups is 1. The first-order valence-corrected chi connectivity index (χ1v) is 6.77. The molecule has 6 heteroatoms. The average molecular weight is 359 g/mol. The highest BCUT2D eigenvalue weighted by Gasteiger charge is 2.32. The summed E-state index contributed by atoms with van der Waals surface area (Å²) in [6.45, 7) is 0. The van der Waals surface area contributed by atoms with Crippen LogP contribution in [0.4, 0.5) is 13.2 Å². The third-order valence-corrected chi connectivity index (χ3v) is 3.50. The first-order valence-electron chi connectivity index (χ1n) is 5.98. The molecule has 110 valence electrons. The highest BCUT2D eigenvalue weighted by Crippen LogP contribution is 2.28. The smallest absolute Gasteiger partial charge is 0.405 e. The molecule has 0 heterocycles. The monoisotopic (exact) mass is 358 g/mol. The number of rotatable bonds is 4. The van der Waals surface area contributed by atoms with E-state index in [2.05, 4.69) is 20.7 Å². The van der Waals surface area contributed by atoms with E-state index in [-0.39, 0.29) is 12.0 Å². The second kappa shape index (κ2) is 6.30. The van der Waals surface area contributed by atoms with E-state index in [1.807, 2.05) is 0 Å². The zero-order valence-electron chi connectivity index (χ0n) is 10.7. The number of carbonyl (C=O) groups excluding carboxylic acids is 1. The molecule has 2 aromatic rings. The van der Waals surface area contributed by atoms with Gasteiger partial charge in [0.05, 0.1) is 5.56 Å². The van der Waals surface area contributed by atoms with Crippen molar-refractivity contribution in [2.45, 2.75) is 12.8 Å². The lowest BCUT2D eigenvalue weighted by Crippen LogP contribution is -2.19. The summed E-state index contributed by atoms with van der Waals surface area (Å²) in [4.78, 5) is 12.2. The van der Waals surface area contributed by atoms with Gasteiger partial charge in [-0.05, 0) is 23.8 Å². The molecule has 2 aromatic carbocycles. The zero-order chi connectivity index (χ0) is 15.5. The van der Waals surface area contributed by atoms with Crippen molar-refractivity contribution < 1.29 is 22.7 Å². The summed E-state index contributed by atoms with van der Waals surface area (Å²) in [7, 11) is 0. The van der Waals surface area contributed by atoms with E-state index in [1.165, 1.54) is 18.2 Å². The number of para-hydroxylation sites is 1. The van der Waals surface area contributed by atoms with Crippen molar-refractivity contribution in [3.05, 3.63) is 64.1 Å². The van der Waals surface area contributed by atoms with Crippen LogP contribution in [0.15, 0.2) is 53.0 Å². The topological polar surface area (TPSA) is 26.3 Å². The van der Waals surface area contributed by atoms with Crippen LogP contribution in [0.25, 0.3) is 0 Å². The van der Waals surface area contributed by atoms with Crippen molar-refractivity contribution in [1.82, 2.24) is 0 Å².